The van der Waals surface area contributed by atoms with E-state index in [-0.39, 0.29) is 25.2 Å². The lowest BCUT2D eigenvalue weighted by Crippen LogP contribution is -2.28. The molecule has 0 saturated heterocycles. The summed E-state index contributed by atoms with van der Waals surface area (Å²) in [5.74, 6) is -0.584. The molecule has 5 nitrogen and oxygen atoms in total. The Morgan fingerprint density at radius 1 is 0.377 bits per heavy atom. The first kappa shape index (κ1) is 59.4. The molecule has 0 bridgehead atoms. The lowest BCUT2D eigenvalue weighted by Gasteiger charge is -2.15. The maximum absolute atomic E-state index is 12.2. The number of allylic oxidation sites excluding steroid dienone is 4. The molecule has 1 N–H and O–H groups in total. The lowest BCUT2D eigenvalue weighted by molar-refractivity contribution is -0.161. The molecule has 0 aromatic rings. The van der Waals surface area contributed by atoms with Crippen molar-refractivity contribution in [1.82, 2.24) is 0 Å². The summed E-state index contributed by atoms with van der Waals surface area (Å²) in [6, 6.07) is 0. The molecule has 360 valence electrons. The van der Waals surface area contributed by atoms with Crippen LogP contribution in [0, 0.1) is 0 Å². The highest BCUT2D eigenvalue weighted by atomic mass is 16.6. The standard InChI is InChI=1S/C56H106O5/c1-3-5-7-9-11-13-15-17-19-21-22-23-24-25-26-27-28-29-30-31-32-33-35-36-38-40-42-44-46-48-50-55(58)60-53-54(52-57)61-56(59)51-49-47-45-43-41-39-37-34-20-18-16-14-12-10-8-6-4-2/h12,14,18,20,54,57H,3-11,13,15-17,19,21-53H2,1-2H3/b14-12-,20-18-. The number of rotatable bonds is 51. The molecule has 61 heavy (non-hydrogen) atoms. The summed E-state index contributed by atoms with van der Waals surface area (Å²) < 4.78 is 10.7. The van der Waals surface area contributed by atoms with Gasteiger partial charge >= 0.3 is 11.9 Å². The zero-order valence-corrected chi connectivity index (χ0v) is 41.2. The zero-order valence-electron chi connectivity index (χ0n) is 41.2. The fourth-order valence-corrected chi connectivity index (χ4v) is 8.35. The molecule has 0 spiro atoms. The Labute approximate surface area is 381 Å². The van der Waals surface area contributed by atoms with Crippen LogP contribution < -0.4 is 0 Å². The Morgan fingerprint density at radius 2 is 0.656 bits per heavy atom. The number of hydrogen-bond donors (Lipinski definition) is 1. The molecule has 0 aromatic heterocycles. The van der Waals surface area contributed by atoms with Gasteiger partial charge in [-0.2, -0.15) is 0 Å². The highest BCUT2D eigenvalue weighted by molar-refractivity contribution is 5.70. The third-order valence-corrected chi connectivity index (χ3v) is 12.5. The van der Waals surface area contributed by atoms with Crippen LogP contribution in [0.25, 0.3) is 0 Å². The second kappa shape index (κ2) is 52.7. The van der Waals surface area contributed by atoms with E-state index in [9.17, 15) is 14.7 Å². The van der Waals surface area contributed by atoms with E-state index in [0.717, 1.165) is 44.9 Å². The molecule has 0 saturated carbocycles. The first-order valence-corrected chi connectivity index (χ1v) is 27.4. The van der Waals surface area contributed by atoms with E-state index in [1.54, 1.807) is 0 Å². The van der Waals surface area contributed by atoms with Crippen LogP contribution in [0.4, 0.5) is 0 Å². The van der Waals surface area contributed by atoms with E-state index in [4.69, 9.17) is 9.47 Å². The minimum atomic E-state index is -0.772. The molecule has 0 aliphatic rings. The number of unbranched alkanes of at least 4 members (excludes halogenated alkanes) is 39. The van der Waals surface area contributed by atoms with Crippen LogP contribution in [0.3, 0.4) is 0 Å². The summed E-state index contributed by atoms with van der Waals surface area (Å²) >= 11 is 0. The maximum atomic E-state index is 12.2. The van der Waals surface area contributed by atoms with Crippen LogP contribution in [0.1, 0.15) is 303 Å². The smallest absolute Gasteiger partial charge is 0.306 e. The first-order chi connectivity index (χ1) is 30.1. The summed E-state index contributed by atoms with van der Waals surface area (Å²) in [6.07, 6.45) is 65.8. The lowest BCUT2D eigenvalue weighted by atomic mass is 10.0. The van der Waals surface area contributed by atoms with Gasteiger partial charge in [-0.15, -0.1) is 0 Å². The molecule has 0 aliphatic carbocycles. The van der Waals surface area contributed by atoms with Crippen molar-refractivity contribution in [1.29, 1.82) is 0 Å². The van der Waals surface area contributed by atoms with E-state index >= 15 is 0 Å². The zero-order chi connectivity index (χ0) is 44.2. The number of aliphatic hydroxyl groups is 1. The Kier molecular flexibility index (Phi) is 51.3. The summed E-state index contributed by atoms with van der Waals surface area (Å²) in [5.41, 5.74) is 0. The molecule has 1 atom stereocenters. The third kappa shape index (κ3) is 50.9. The predicted octanol–water partition coefficient (Wildman–Crippen LogP) is 18.1. The first-order valence-electron chi connectivity index (χ1n) is 27.4. The number of hydrogen-bond acceptors (Lipinski definition) is 5. The van der Waals surface area contributed by atoms with Crippen molar-refractivity contribution in [2.24, 2.45) is 0 Å². The monoisotopic (exact) mass is 859 g/mol. The molecular weight excluding hydrogens is 753 g/mol. The number of esters is 2. The van der Waals surface area contributed by atoms with Crippen LogP contribution in [0.2, 0.25) is 0 Å². The number of ether oxygens (including phenoxy) is 2. The molecule has 0 aromatic carbocycles. The van der Waals surface area contributed by atoms with Gasteiger partial charge in [-0.25, -0.2) is 0 Å². The average molecular weight is 859 g/mol. The number of carbonyl (C=O) groups is 2. The Hall–Kier alpha value is -1.62. The summed E-state index contributed by atoms with van der Waals surface area (Å²) in [6.45, 7) is 4.15. The van der Waals surface area contributed by atoms with Gasteiger partial charge in [0.2, 0.25) is 0 Å². The fraction of sp³-hybridized carbons (Fsp3) is 0.893. The van der Waals surface area contributed by atoms with Crippen LogP contribution in [-0.4, -0.2) is 36.4 Å². The summed E-state index contributed by atoms with van der Waals surface area (Å²) in [5, 5.41) is 9.62. The quantitative estimate of drug-likeness (QED) is 0.0375. The van der Waals surface area contributed by atoms with Gasteiger partial charge in [-0.1, -0.05) is 269 Å². The molecule has 5 heteroatoms. The molecule has 0 fully saturated rings. The SMILES string of the molecule is CCCCC/C=C\C/C=C\CCCCCCCCCC(=O)OC(CO)COC(=O)CCCCCCCCCCCCCCCCCCCCCCCCCCCCCCCC. The molecule has 0 rings (SSSR count). The largest absolute Gasteiger partial charge is 0.462 e. The van der Waals surface area contributed by atoms with Crippen molar-refractivity contribution >= 4 is 11.9 Å². The molecule has 0 amide bonds. The van der Waals surface area contributed by atoms with Crippen molar-refractivity contribution in [2.75, 3.05) is 13.2 Å². The second-order valence-corrected chi connectivity index (χ2v) is 18.7. The number of aliphatic hydroxyl groups excluding tert-OH is 1. The second-order valence-electron chi connectivity index (χ2n) is 18.7. The van der Waals surface area contributed by atoms with Gasteiger partial charge in [0.1, 0.15) is 6.61 Å². The fourth-order valence-electron chi connectivity index (χ4n) is 8.35. The average Bonchev–Trinajstić information content (AvgIpc) is 3.26. The highest BCUT2D eigenvalue weighted by Gasteiger charge is 2.16. The van der Waals surface area contributed by atoms with Gasteiger partial charge < -0.3 is 14.6 Å². The Bertz CT molecular complexity index is 928. The van der Waals surface area contributed by atoms with Crippen molar-refractivity contribution in [3.63, 3.8) is 0 Å². The molecule has 1 unspecified atom stereocenters. The van der Waals surface area contributed by atoms with E-state index in [1.807, 2.05) is 0 Å². The number of carbonyl (C=O) groups excluding carboxylic acids is 2. The van der Waals surface area contributed by atoms with Crippen molar-refractivity contribution in [2.45, 2.75) is 309 Å². The van der Waals surface area contributed by atoms with Crippen molar-refractivity contribution in [3.8, 4) is 0 Å². The minimum Gasteiger partial charge on any atom is -0.462 e. The van der Waals surface area contributed by atoms with Crippen molar-refractivity contribution in [3.05, 3.63) is 24.3 Å². The topological polar surface area (TPSA) is 72.8 Å². The van der Waals surface area contributed by atoms with Crippen LogP contribution in [0.15, 0.2) is 24.3 Å². The van der Waals surface area contributed by atoms with Gasteiger partial charge in [0.05, 0.1) is 6.61 Å². The van der Waals surface area contributed by atoms with Gasteiger partial charge in [0.15, 0.2) is 6.10 Å². The summed E-state index contributed by atoms with van der Waals surface area (Å²) in [4.78, 5) is 24.5. The van der Waals surface area contributed by atoms with Gasteiger partial charge in [-0.3, -0.25) is 9.59 Å². The molecular formula is C56H106O5. The van der Waals surface area contributed by atoms with E-state index in [1.165, 1.54) is 231 Å². The third-order valence-electron chi connectivity index (χ3n) is 12.5. The molecule has 0 heterocycles. The molecule has 0 radical (unpaired) electrons. The predicted molar refractivity (Wildman–Crippen MR) is 265 cm³/mol. The van der Waals surface area contributed by atoms with E-state index in [2.05, 4.69) is 38.2 Å². The Morgan fingerprint density at radius 3 is 1.00 bits per heavy atom. The normalized spacial score (nSPS) is 12.2. The van der Waals surface area contributed by atoms with Gasteiger partial charge in [0, 0.05) is 12.8 Å². The van der Waals surface area contributed by atoms with Gasteiger partial charge in [0.25, 0.3) is 0 Å². The van der Waals surface area contributed by atoms with Crippen molar-refractivity contribution < 1.29 is 24.2 Å². The molecule has 0 aliphatic heterocycles. The highest BCUT2D eigenvalue weighted by Crippen LogP contribution is 2.17. The minimum absolute atomic E-state index is 0.0639. The van der Waals surface area contributed by atoms with Crippen LogP contribution >= 0.6 is 0 Å². The van der Waals surface area contributed by atoms with Gasteiger partial charge in [-0.05, 0) is 44.9 Å². The summed E-state index contributed by atoms with van der Waals surface area (Å²) in [7, 11) is 0. The van der Waals surface area contributed by atoms with Crippen LogP contribution in [0.5, 0.6) is 0 Å². The van der Waals surface area contributed by atoms with Crippen LogP contribution in [-0.2, 0) is 19.1 Å². The van der Waals surface area contributed by atoms with E-state index < -0.39 is 6.10 Å². The maximum Gasteiger partial charge on any atom is 0.306 e. The van der Waals surface area contributed by atoms with E-state index in [0.29, 0.717) is 12.8 Å². The Balaban J connectivity index is 3.40.